The third-order valence-corrected chi connectivity index (χ3v) is 3.83. The molecule has 0 fully saturated rings. The van der Waals surface area contributed by atoms with Crippen molar-refractivity contribution in [1.82, 2.24) is 0 Å². The Morgan fingerprint density at radius 3 is 2.61 bits per heavy atom. The molecule has 5 heteroatoms. The summed E-state index contributed by atoms with van der Waals surface area (Å²) in [7, 11) is 0. The van der Waals surface area contributed by atoms with Crippen LogP contribution in [0, 0.1) is 0 Å². The van der Waals surface area contributed by atoms with Gasteiger partial charge < -0.3 is 10.8 Å². The minimum Gasteiger partial charge on any atom is -0.478 e. The van der Waals surface area contributed by atoms with Gasteiger partial charge in [0.1, 0.15) is 0 Å². The first-order chi connectivity index (χ1) is 8.58. The lowest BCUT2D eigenvalue weighted by Gasteiger charge is -2.06. The van der Waals surface area contributed by atoms with Gasteiger partial charge in [0, 0.05) is 15.5 Å². The van der Waals surface area contributed by atoms with Crippen LogP contribution in [-0.2, 0) is 0 Å². The Labute approximate surface area is 114 Å². The van der Waals surface area contributed by atoms with Crippen LogP contribution in [0.2, 0.25) is 5.02 Å². The predicted molar refractivity (Wildman–Crippen MR) is 73.4 cm³/mol. The highest BCUT2D eigenvalue weighted by atomic mass is 35.5. The highest BCUT2D eigenvalue weighted by Gasteiger charge is 2.10. The summed E-state index contributed by atoms with van der Waals surface area (Å²) in [6, 6.07) is 12.3. The van der Waals surface area contributed by atoms with Gasteiger partial charge in [-0.05, 0) is 30.3 Å². The number of nitrogen functional groups attached to an aromatic ring is 1. The highest BCUT2D eigenvalue weighted by Crippen LogP contribution is 2.34. The van der Waals surface area contributed by atoms with Crippen molar-refractivity contribution in [3.05, 3.63) is 53.1 Å². The number of hydrogen-bond acceptors (Lipinski definition) is 3. The first-order valence-electron chi connectivity index (χ1n) is 5.13. The number of carboxylic acid groups (broad SMARTS) is 1. The molecule has 0 amide bonds. The van der Waals surface area contributed by atoms with Crippen LogP contribution in [0.1, 0.15) is 10.4 Å². The van der Waals surface area contributed by atoms with E-state index >= 15 is 0 Å². The third-order valence-electron chi connectivity index (χ3n) is 2.32. The number of rotatable bonds is 3. The van der Waals surface area contributed by atoms with Gasteiger partial charge in [-0.2, -0.15) is 0 Å². The van der Waals surface area contributed by atoms with Crippen molar-refractivity contribution in [2.75, 3.05) is 5.73 Å². The van der Waals surface area contributed by atoms with Crippen LogP contribution in [0.25, 0.3) is 0 Å². The molecule has 0 aliphatic rings. The second-order valence-corrected chi connectivity index (χ2v) is 5.11. The monoisotopic (exact) mass is 279 g/mol. The number of hydrogen-bond donors (Lipinski definition) is 2. The van der Waals surface area contributed by atoms with Crippen LogP contribution in [0.5, 0.6) is 0 Å². The SMILES string of the molecule is Nc1ccc(Sc2ccccc2Cl)cc1C(=O)O. The molecule has 0 aliphatic heterocycles. The van der Waals surface area contributed by atoms with Crippen LogP contribution < -0.4 is 5.73 Å². The van der Waals surface area contributed by atoms with Crippen molar-refractivity contribution in [2.24, 2.45) is 0 Å². The average molecular weight is 280 g/mol. The summed E-state index contributed by atoms with van der Waals surface area (Å²) in [5.41, 5.74) is 5.96. The summed E-state index contributed by atoms with van der Waals surface area (Å²) in [5.74, 6) is -1.03. The van der Waals surface area contributed by atoms with Gasteiger partial charge in [-0.3, -0.25) is 0 Å². The van der Waals surface area contributed by atoms with Crippen LogP contribution in [0.4, 0.5) is 5.69 Å². The van der Waals surface area contributed by atoms with Crippen LogP contribution in [0.3, 0.4) is 0 Å². The van der Waals surface area contributed by atoms with E-state index in [-0.39, 0.29) is 11.3 Å². The molecule has 0 saturated carbocycles. The van der Waals surface area contributed by atoms with Crippen LogP contribution >= 0.6 is 23.4 Å². The van der Waals surface area contributed by atoms with Crippen molar-refractivity contribution >= 4 is 35.0 Å². The standard InChI is InChI=1S/C13H10ClNO2S/c14-10-3-1-2-4-12(10)18-8-5-6-11(15)9(7-8)13(16)17/h1-7H,15H2,(H,16,17). The summed E-state index contributed by atoms with van der Waals surface area (Å²) in [6.45, 7) is 0. The number of carboxylic acids is 1. The van der Waals surface area contributed by atoms with Crippen molar-refractivity contribution in [1.29, 1.82) is 0 Å². The number of benzene rings is 2. The van der Waals surface area contributed by atoms with Crippen LogP contribution in [0.15, 0.2) is 52.3 Å². The van der Waals surface area contributed by atoms with Gasteiger partial charge in [0.15, 0.2) is 0 Å². The van der Waals surface area contributed by atoms with E-state index in [4.69, 9.17) is 22.4 Å². The quantitative estimate of drug-likeness (QED) is 0.840. The lowest BCUT2D eigenvalue weighted by molar-refractivity contribution is 0.0698. The summed E-state index contributed by atoms with van der Waals surface area (Å²) in [5, 5.41) is 9.63. The Morgan fingerprint density at radius 2 is 1.94 bits per heavy atom. The fraction of sp³-hybridized carbons (Fsp3) is 0. The number of anilines is 1. The lowest BCUT2D eigenvalue weighted by Crippen LogP contribution is -2.01. The molecular formula is C13H10ClNO2S. The van der Waals surface area contributed by atoms with Crippen LogP contribution in [-0.4, -0.2) is 11.1 Å². The van der Waals surface area contributed by atoms with Gasteiger partial charge in [0.25, 0.3) is 0 Å². The smallest absolute Gasteiger partial charge is 0.337 e. The number of aromatic carboxylic acids is 1. The van der Waals surface area contributed by atoms with Gasteiger partial charge >= 0.3 is 5.97 Å². The van der Waals surface area contributed by atoms with E-state index in [9.17, 15) is 4.79 Å². The topological polar surface area (TPSA) is 63.3 Å². The van der Waals surface area contributed by atoms with E-state index in [2.05, 4.69) is 0 Å². The van der Waals surface area contributed by atoms with Gasteiger partial charge in [0.2, 0.25) is 0 Å². The molecule has 2 aromatic rings. The first kappa shape index (κ1) is 12.8. The van der Waals surface area contributed by atoms with E-state index in [0.29, 0.717) is 5.02 Å². The van der Waals surface area contributed by atoms with E-state index in [1.54, 1.807) is 24.3 Å². The number of carbonyl (C=O) groups is 1. The molecule has 3 nitrogen and oxygen atoms in total. The van der Waals surface area contributed by atoms with Gasteiger partial charge in [-0.15, -0.1) is 0 Å². The van der Waals surface area contributed by atoms with Gasteiger partial charge in [-0.25, -0.2) is 4.79 Å². The number of nitrogens with two attached hydrogens (primary N) is 1. The first-order valence-corrected chi connectivity index (χ1v) is 6.32. The molecule has 3 N–H and O–H groups in total. The summed E-state index contributed by atoms with van der Waals surface area (Å²) < 4.78 is 0. The molecule has 0 bridgehead atoms. The molecule has 0 radical (unpaired) electrons. The fourth-order valence-corrected chi connectivity index (χ4v) is 2.57. The molecule has 2 aromatic carbocycles. The fourth-order valence-electron chi connectivity index (χ4n) is 1.44. The maximum absolute atomic E-state index is 11.0. The van der Waals surface area contributed by atoms with Crippen molar-refractivity contribution in [3.63, 3.8) is 0 Å². The molecule has 0 atom stereocenters. The second-order valence-electron chi connectivity index (χ2n) is 3.59. The molecule has 0 aliphatic carbocycles. The Balaban J connectivity index is 2.33. The van der Waals surface area contributed by atoms with Gasteiger partial charge in [-0.1, -0.05) is 35.5 Å². The molecule has 0 spiro atoms. The van der Waals surface area contributed by atoms with E-state index < -0.39 is 5.97 Å². The molecule has 0 aromatic heterocycles. The Bertz CT molecular complexity index is 601. The Morgan fingerprint density at radius 1 is 1.22 bits per heavy atom. The van der Waals surface area contributed by atoms with Crippen molar-refractivity contribution < 1.29 is 9.90 Å². The molecular weight excluding hydrogens is 270 g/mol. The maximum Gasteiger partial charge on any atom is 0.337 e. The largest absolute Gasteiger partial charge is 0.478 e. The predicted octanol–water partition coefficient (Wildman–Crippen LogP) is 3.77. The second kappa shape index (κ2) is 5.33. The molecule has 2 rings (SSSR count). The zero-order valence-electron chi connectivity index (χ0n) is 9.26. The lowest BCUT2D eigenvalue weighted by atomic mass is 10.2. The molecule has 92 valence electrons. The molecule has 0 heterocycles. The van der Waals surface area contributed by atoms with Crippen molar-refractivity contribution in [2.45, 2.75) is 9.79 Å². The molecule has 0 unspecified atom stereocenters. The Hall–Kier alpha value is -1.65. The number of halogens is 1. The zero-order chi connectivity index (χ0) is 13.1. The average Bonchev–Trinajstić information content (AvgIpc) is 2.34. The minimum atomic E-state index is -1.03. The van der Waals surface area contributed by atoms with Crippen molar-refractivity contribution in [3.8, 4) is 0 Å². The summed E-state index contributed by atoms with van der Waals surface area (Å²) >= 11 is 7.45. The van der Waals surface area contributed by atoms with E-state index in [0.717, 1.165) is 9.79 Å². The van der Waals surface area contributed by atoms with E-state index in [1.165, 1.54) is 11.8 Å². The third kappa shape index (κ3) is 2.78. The Kier molecular flexibility index (Phi) is 3.79. The van der Waals surface area contributed by atoms with E-state index in [1.807, 2.05) is 18.2 Å². The normalized spacial score (nSPS) is 10.3. The van der Waals surface area contributed by atoms with Gasteiger partial charge in [0.05, 0.1) is 10.6 Å². The maximum atomic E-state index is 11.0. The molecule has 0 saturated heterocycles. The summed E-state index contributed by atoms with van der Waals surface area (Å²) in [6.07, 6.45) is 0. The molecule has 18 heavy (non-hydrogen) atoms. The summed E-state index contributed by atoms with van der Waals surface area (Å²) in [4.78, 5) is 12.6. The zero-order valence-corrected chi connectivity index (χ0v) is 10.8. The highest BCUT2D eigenvalue weighted by molar-refractivity contribution is 7.99. The minimum absolute atomic E-state index is 0.104.